The quantitative estimate of drug-likeness (QED) is 0.240. The maximum absolute atomic E-state index is 6.49. The molecule has 0 atom stereocenters. The third kappa shape index (κ3) is 4.16. The number of ether oxygens (including phenoxy) is 1. The van der Waals surface area contributed by atoms with E-state index in [9.17, 15) is 0 Å². The van der Waals surface area contributed by atoms with Gasteiger partial charge in [0.2, 0.25) is 0 Å². The molecule has 188 valence electrons. The van der Waals surface area contributed by atoms with Crippen molar-refractivity contribution >= 4 is 44.6 Å². The number of rotatable bonds is 4. The van der Waals surface area contributed by atoms with Crippen molar-refractivity contribution in [3.8, 4) is 5.75 Å². The Kier molecular flexibility index (Phi) is 5.91. The molecule has 0 spiro atoms. The summed E-state index contributed by atoms with van der Waals surface area (Å²) < 4.78 is 8.84. The lowest BCUT2D eigenvalue weighted by atomic mass is 10.1. The third-order valence-corrected chi connectivity index (χ3v) is 7.20. The molecule has 4 heteroatoms. The van der Waals surface area contributed by atoms with E-state index in [4.69, 9.17) is 4.74 Å². The first-order valence-corrected chi connectivity index (χ1v) is 13.2. The SMILES string of the molecule is C1=CC(n2c3ccccc3c3ccccc32)=CCc2cncc(N(c3ccccc3)c3ccccc3)c2OC1. The molecular formula is C35H27N3O. The van der Waals surface area contributed by atoms with Gasteiger partial charge in [-0.15, -0.1) is 0 Å². The topological polar surface area (TPSA) is 30.3 Å². The number of allylic oxidation sites excluding steroid dienone is 3. The predicted octanol–water partition coefficient (Wildman–Crippen LogP) is 8.69. The van der Waals surface area contributed by atoms with E-state index in [0.717, 1.165) is 34.1 Å². The highest BCUT2D eigenvalue weighted by molar-refractivity contribution is 6.10. The molecule has 0 bridgehead atoms. The van der Waals surface area contributed by atoms with Crippen LogP contribution in [0, 0.1) is 0 Å². The summed E-state index contributed by atoms with van der Waals surface area (Å²) in [4.78, 5) is 6.90. The summed E-state index contributed by atoms with van der Waals surface area (Å²) in [5.74, 6) is 0.849. The Morgan fingerprint density at radius 1 is 0.667 bits per heavy atom. The van der Waals surface area contributed by atoms with Crippen LogP contribution in [0.1, 0.15) is 5.56 Å². The van der Waals surface area contributed by atoms with E-state index in [0.29, 0.717) is 13.0 Å². The molecule has 1 aliphatic rings. The Labute approximate surface area is 227 Å². The van der Waals surface area contributed by atoms with Crippen molar-refractivity contribution in [1.82, 2.24) is 9.55 Å². The second-order valence-electron chi connectivity index (χ2n) is 9.57. The predicted molar refractivity (Wildman–Crippen MR) is 161 cm³/mol. The zero-order valence-electron chi connectivity index (χ0n) is 21.4. The van der Waals surface area contributed by atoms with E-state index < -0.39 is 0 Å². The van der Waals surface area contributed by atoms with Gasteiger partial charge in [-0.05, 0) is 55.0 Å². The fraction of sp³-hybridized carbons (Fsp3) is 0.0571. The molecule has 0 unspecified atom stereocenters. The highest BCUT2D eigenvalue weighted by Crippen LogP contribution is 2.42. The normalized spacial score (nSPS) is 13.2. The second-order valence-corrected chi connectivity index (χ2v) is 9.57. The standard InChI is InChI=1S/C35H27N3O/c1-3-12-27(13-4-1)37(28-14-5-2-6-15-28)34-25-36-24-26-21-22-29(16-11-23-39-35(26)34)38-32-19-9-7-17-30(32)31-18-8-10-20-33(31)38/h1-20,22,24-25H,21,23H2. The van der Waals surface area contributed by atoms with Crippen LogP contribution in [0.25, 0.3) is 27.5 Å². The van der Waals surface area contributed by atoms with Crippen LogP contribution in [0.3, 0.4) is 0 Å². The smallest absolute Gasteiger partial charge is 0.150 e. The minimum absolute atomic E-state index is 0.454. The van der Waals surface area contributed by atoms with Gasteiger partial charge in [-0.3, -0.25) is 4.98 Å². The van der Waals surface area contributed by atoms with Gasteiger partial charge in [0, 0.05) is 39.6 Å². The van der Waals surface area contributed by atoms with Crippen LogP contribution in [0.4, 0.5) is 17.1 Å². The van der Waals surface area contributed by atoms with E-state index in [2.05, 4.69) is 130 Å². The minimum Gasteiger partial charge on any atom is -0.487 e. The summed E-state index contributed by atoms with van der Waals surface area (Å²) in [7, 11) is 0. The van der Waals surface area contributed by atoms with Gasteiger partial charge in [0.05, 0.1) is 17.2 Å². The molecule has 39 heavy (non-hydrogen) atoms. The average molecular weight is 506 g/mol. The molecule has 2 aromatic heterocycles. The molecule has 0 saturated carbocycles. The number of anilines is 3. The van der Waals surface area contributed by atoms with Crippen LogP contribution < -0.4 is 9.64 Å². The van der Waals surface area contributed by atoms with Crippen molar-refractivity contribution in [2.24, 2.45) is 0 Å². The Morgan fingerprint density at radius 3 is 1.90 bits per heavy atom. The van der Waals surface area contributed by atoms with E-state index in [1.165, 1.54) is 21.8 Å². The number of aromatic nitrogens is 2. The Balaban J connectivity index is 1.37. The number of hydrogen-bond donors (Lipinski definition) is 0. The number of hydrogen-bond acceptors (Lipinski definition) is 3. The lowest BCUT2D eigenvalue weighted by molar-refractivity contribution is 0.360. The molecule has 0 aliphatic carbocycles. The van der Waals surface area contributed by atoms with E-state index >= 15 is 0 Å². The lowest BCUT2D eigenvalue weighted by Gasteiger charge is -2.27. The average Bonchev–Trinajstić information content (AvgIpc) is 3.37. The van der Waals surface area contributed by atoms with E-state index in [1.807, 2.05) is 24.5 Å². The number of benzene rings is 4. The van der Waals surface area contributed by atoms with Crippen LogP contribution >= 0.6 is 0 Å². The van der Waals surface area contributed by atoms with Gasteiger partial charge in [-0.1, -0.05) is 78.9 Å². The van der Waals surface area contributed by atoms with Crippen LogP contribution in [-0.4, -0.2) is 16.2 Å². The third-order valence-electron chi connectivity index (χ3n) is 7.20. The van der Waals surface area contributed by atoms with Crippen molar-refractivity contribution < 1.29 is 4.74 Å². The molecule has 0 fully saturated rings. The monoisotopic (exact) mass is 505 g/mol. The molecule has 0 amide bonds. The van der Waals surface area contributed by atoms with Crippen LogP contribution in [0.5, 0.6) is 5.75 Å². The van der Waals surface area contributed by atoms with Gasteiger partial charge >= 0.3 is 0 Å². The summed E-state index contributed by atoms with van der Waals surface area (Å²) in [6.07, 6.45) is 11.1. The zero-order chi connectivity index (χ0) is 26.0. The molecular weight excluding hydrogens is 478 g/mol. The number of para-hydroxylation sites is 4. The molecule has 4 aromatic carbocycles. The summed E-state index contributed by atoms with van der Waals surface area (Å²) >= 11 is 0. The molecule has 6 aromatic rings. The summed E-state index contributed by atoms with van der Waals surface area (Å²) in [6.45, 7) is 0.454. The summed E-state index contributed by atoms with van der Waals surface area (Å²) in [6, 6.07) is 37.9. The molecule has 7 rings (SSSR count). The maximum Gasteiger partial charge on any atom is 0.150 e. The second kappa shape index (κ2) is 9.99. The first kappa shape index (κ1) is 23.1. The van der Waals surface area contributed by atoms with Gasteiger partial charge in [0.1, 0.15) is 18.0 Å². The van der Waals surface area contributed by atoms with Gasteiger partial charge in [0.15, 0.2) is 0 Å². The van der Waals surface area contributed by atoms with Gasteiger partial charge in [-0.25, -0.2) is 0 Å². The lowest BCUT2D eigenvalue weighted by Crippen LogP contribution is -2.13. The first-order valence-electron chi connectivity index (χ1n) is 13.2. The number of nitrogens with zero attached hydrogens (tertiary/aromatic N) is 3. The highest BCUT2D eigenvalue weighted by Gasteiger charge is 2.21. The number of pyridine rings is 1. The maximum atomic E-state index is 6.49. The molecule has 0 N–H and O–H groups in total. The number of fused-ring (bicyclic) bond motifs is 4. The van der Waals surface area contributed by atoms with Crippen LogP contribution in [0.15, 0.2) is 140 Å². The van der Waals surface area contributed by atoms with Crippen LogP contribution in [0.2, 0.25) is 0 Å². The van der Waals surface area contributed by atoms with E-state index in [1.54, 1.807) is 0 Å². The molecule has 1 aliphatic heterocycles. The van der Waals surface area contributed by atoms with E-state index in [-0.39, 0.29) is 0 Å². The van der Waals surface area contributed by atoms with Gasteiger partial charge in [-0.2, -0.15) is 0 Å². The summed E-state index contributed by atoms with van der Waals surface area (Å²) in [5.41, 5.74) is 7.59. The Hall–Kier alpha value is -5.09. The van der Waals surface area contributed by atoms with Crippen molar-refractivity contribution in [3.05, 3.63) is 145 Å². The zero-order valence-corrected chi connectivity index (χ0v) is 21.4. The van der Waals surface area contributed by atoms with Gasteiger partial charge in [0.25, 0.3) is 0 Å². The highest BCUT2D eigenvalue weighted by atomic mass is 16.5. The fourth-order valence-corrected chi connectivity index (χ4v) is 5.48. The first-order chi connectivity index (χ1) is 19.4. The van der Waals surface area contributed by atoms with Crippen LogP contribution in [-0.2, 0) is 6.42 Å². The molecule has 4 nitrogen and oxygen atoms in total. The molecule has 0 radical (unpaired) electrons. The van der Waals surface area contributed by atoms with Gasteiger partial charge < -0.3 is 14.2 Å². The largest absolute Gasteiger partial charge is 0.487 e. The molecule has 3 heterocycles. The van der Waals surface area contributed by atoms with Crippen molar-refractivity contribution in [2.75, 3.05) is 11.5 Å². The van der Waals surface area contributed by atoms with Crippen molar-refractivity contribution in [1.29, 1.82) is 0 Å². The van der Waals surface area contributed by atoms with Crippen molar-refractivity contribution in [3.63, 3.8) is 0 Å². The minimum atomic E-state index is 0.454. The Bertz CT molecular complexity index is 1740. The fourth-order valence-electron chi connectivity index (χ4n) is 5.48. The molecule has 0 saturated heterocycles. The Morgan fingerprint density at radius 2 is 1.26 bits per heavy atom. The van der Waals surface area contributed by atoms with Crippen molar-refractivity contribution in [2.45, 2.75) is 6.42 Å². The summed E-state index contributed by atoms with van der Waals surface area (Å²) in [5, 5.41) is 2.51.